The van der Waals surface area contributed by atoms with Crippen molar-refractivity contribution in [1.29, 1.82) is 0 Å². The normalized spacial score (nSPS) is 25.5. The molecule has 2 N–H and O–H groups in total. The van der Waals surface area contributed by atoms with Crippen LogP contribution in [0.2, 0.25) is 5.02 Å². The van der Waals surface area contributed by atoms with Crippen LogP contribution in [0.4, 0.5) is 0 Å². The highest BCUT2D eigenvalue weighted by Crippen LogP contribution is 2.32. The highest BCUT2D eigenvalue weighted by atomic mass is 35.5. The van der Waals surface area contributed by atoms with Crippen LogP contribution in [0.5, 0.6) is 0 Å². The molecule has 2 aromatic rings. The van der Waals surface area contributed by atoms with Gasteiger partial charge in [-0.3, -0.25) is 4.99 Å². The van der Waals surface area contributed by atoms with Crippen molar-refractivity contribution in [3.8, 4) is 11.4 Å². The summed E-state index contributed by atoms with van der Waals surface area (Å²) < 4.78 is 5.36. The van der Waals surface area contributed by atoms with Crippen LogP contribution in [0.1, 0.15) is 38.0 Å². The summed E-state index contributed by atoms with van der Waals surface area (Å²) in [6.07, 6.45) is 6.27. The number of benzene rings is 1. The van der Waals surface area contributed by atoms with Crippen LogP contribution in [-0.2, 0) is 6.54 Å². The smallest absolute Gasteiger partial charge is 0.246 e. The maximum absolute atomic E-state index is 5.93. The largest absolute Gasteiger partial charge is 0.354 e. The minimum atomic E-state index is 0.430. The van der Waals surface area contributed by atoms with E-state index in [1.54, 1.807) is 7.05 Å². The van der Waals surface area contributed by atoms with E-state index < -0.39 is 0 Å². The topological polar surface area (TPSA) is 78.6 Å². The molecule has 1 aromatic heterocycles. The van der Waals surface area contributed by atoms with Crippen molar-refractivity contribution in [3.63, 3.8) is 0 Å². The van der Waals surface area contributed by atoms with Gasteiger partial charge in [0.1, 0.15) is 0 Å². The lowest BCUT2D eigenvalue weighted by Gasteiger charge is -2.47. The van der Waals surface area contributed by atoms with E-state index in [1.165, 1.54) is 19.3 Å². The third kappa shape index (κ3) is 4.31. The fourth-order valence-electron chi connectivity index (χ4n) is 4.32. The molecular formula is C20H27ClN6O. The van der Waals surface area contributed by atoms with Crippen molar-refractivity contribution >= 4 is 17.6 Å². The van der Waals surface area contributed by atoms with Crippen LogP contribution in [-0.4, -0.2) is 53.2 Å². The molecule has 2 atom stereocenters. The molecule has 2 aliphatic rings. The molecule has 28 heavy (non-hydrogen) atoms. The zero-order valence-electron chi connectivity index (χ0n) is 16.4. The minimum absolute atomic E-state index is 0.430. The van der Waals surface area contributed by atoms with Crippen molar-refractivity contribution in [2.24, 2.45) is 4.99 Å². The summed E-state index contributed by atoms with van der Waals surface area (Å²) in [6.45, 7) is 0.430. The van der Waals surface area contributed by atoms with Crippen LogP contribution in [0.25, 0.3) is 11.4 Å². The Morgan fingerprint density at radius 1 is 1.25 bits per heavy atom. The Kier molecular flexibility index (Phi) is 5.82. The number of nitrogens with zero attached hydrogens (tertiary/aromatic N) is 4. The first-order valence-corrected chi connectivity index (χ1v) is 10.3. The summed E-state index contributed by atoms with van der Waals surface area (Å²) in [5.74, 6) is 1.85. The predicted octanol–water partition coefficient (Wildman–Crippen LogP) is 3.07. The monoisotopic (exact) mass is 402 g/mol. The Hall–Kier alpha value is -2.12. The first kappa shape index (κ1) is 19.2. The molecule has 0 spiro atoms. The van der Waals surface area contributed by atoms with E-state index in [0.717, 1.165) is 24.4 Å². The number of fused-ring (bicyclic) bond motifs is 2. The van der Waals surface area contributed by atoms with E-state index in [4.69, 9.17) is 16.1 Å². The summed E-state index contributed by atoms with van der Waals surface area (Å²) >= 11 is 5.93. The first-order valence-electron chi connectivity index (χ1n) is 9.90. The van der Waals surface area contributed by atoms with Crippen molar-refractivity contribution in [2.45, 2.75) is 56.8 Å². The van der Waals surface area contributed by atoms with Gasteiger partial charge in [-0.05, 0) is 57.0 Å². The molecule has 2 saturated heterocycles. The Labute approximate surface area is 170 Å². The van der Waals surface area contributed by atoms with Gasteiger partial charge < -0.3 is 20.1 Å². The van der Waals surface area contributed by atoms with Crippen LogP contribution < -0.4 is 10.6 Å². The molecule has 2 unspecified atom stereocenters. The predicted molar refractivity (Wildman–Crippen MR) is 110 cm³/mol. The number of hydrogen-bond donors (Lipinski definition) is 2. The van der Waals surface area contributed by atoms with E-state index in [9.17, 15) is 0 Å². The fraction of sp³-hybridized carbons (Fsp3) is 0.550. The number of piperidine rings is 2. The van der Waals surface area contributed by atoms with Crippen molar-refractivity contribution in [2.75, 3.05) is 14.1 Å². The quantitative estimate of drug-likeness (QED) is 0.604. The molecule has 0 saturated carbocycles. The van der Waals surface area contributed by atoms with E-state index in [1.807, 2.05) is 24.3 Å². The second-order valence-corrected chi connectivity index (χ2v) is 8.10. The molecule has 7 nitrogen and oxygen atoms in total. The van der Waals surface area contributed by atoms with Gasteiger partial charge in [-0.1, -0.05) is 23.2 Å². The summed E-state index contributed by atoms with van der Waals surface area (Å²) in [4.78, 5) is 11.4. The third-order valence-electron chi connectivity index (χ3n) is 5.88. The third-order valence-corrected chi connectivity index (χ3v) is 6.13. The second-order valence-electron chi connectivity index (χ2n) is 7.66. The molecule has 4 rings (SSSR count). The van der Waals surface area contributed by atoms with E-state index >= 15 is 0 Å². The van der Waals surface area contributed by atoms with Crippen LogP contribution in [0.15, 0.2) is 33.8 Å². The van der Waals surface area contributed by atoms with Crippen LogP contribution >= 0.6 is 11.6 Å². The van der Waals surface area contributed by atoms with Gasteiger partial charge in [-0.15, -0.1) is 0 Å². The van der Waals surface area contributed by atoms with Crippen LogP contribution in [0.3, 0.4) is 0 Å². The molecule has 2 bridgehead atoms. The van der Waals surface area contributed by atoms with E-state index in [2.05, 4.69) is 37.7 Å². The van der Waals surface area contributed by atoms with Gasteiger partial charge in [0.2, 0.25) is 11.7 Å². The second kappa shape index (κ2) is 8.49. The molecule has 8 heteroatoms. The fourth-order valence-corrected chi connectivity index (χ4v) is 4.45. The SMILES string of the molecule is CN=C(NCc1nc(-c2ccc(Cl)cc2)no1)NC1CC2CCCC(C1)N2C. The highest BCUT2D eigenvalue weighted by Gasteiger charge is 2.36. The standard InChI is InChI=1S/C20H27ClN6O/c1-22-20(24-15-10-16-4-3-5-17(11-15)27(16)2)23-12-18-25-19(26-28-18)13-6-8-14(21)9-7-13/h6-9,15-17H,3-5,10-12H2,1-2H3,(H2,22,23,24). The Bertz CT molecular complexity index is 806. The van der Waals surface area contributed by atoms with E-state index in [0.29, 0.717) is 41.4 Å². The molecule has 0 radical (unpaired) electrons. The number of guanidine groups is 1. The summed E-state index contributed by atoms with van der Waals surface area (Å²) in [7, 11) is 4.06. The van der Waals surface area contributed by atoms with Gasteiger partial charge >= 0.3 is 0 Å². The van der Waals surface area contributed by atoms with Gasteiger partial charge in [0.15, 0.2) is 5.96 Å². The molecular weight excluding hydrogens is 376 g/mol. The minimum Gasteiger partial charge on any atom is -0.354 e. The molecule has 2 aliphatic heterocycles. The molecule has 1 aromatic carbocycles. The summed E-state index contributed by atoms with van der Waals surface area (Å²) in [6, 6.07) is 9.19. The lowest BCUT2D eigenvalue weighted by molar-refractivity contribution is 0.0526. The number of hydrogen-bond acceptors (Lipinski definition) is 5. The van der Waals surface area contributed by atoms with Crippen molar-refractivity contribution in [1.82, 2.24) is 25.7 Å². The maximum atomic E-state index is 5.93. The average molecular weight is 403 g/mol. The first-order chi connectivity index (χ1) is 13.6. The van der Waals surface area contributed by atoms with Crippen molar-refractivity contribution in [3.05, 3.63) is 35.2 Å². The Morgan fingerprint density at radius 2 is 1.96 bits per heavy atom. The number of rotatable bonds is 4. The van der Waals surface area contributed by atoms with Gasteiger partial charge in [0.05, 0.1) is 6.54 Å². The van der Waals surface area contributed by atoms with E-state index in [-0.39, 0.29) is 0 Å². The maximum Gasteiger partial charge on any atom is 0.246 e. The molecule has 3 heterocycles. The molecule has 150 valence electrons. The van der Waals surface area contributed by atoms with Gasteiger partial charge in [-0.25, -0.2) is 0 Å². The number of aromatic nitrogens is 2. The van der Waals surface area contributed by atoms with Crippen LogP contribution in [0, 0.1) is 0 Å². The lowest BCUT2D eigenvalue weighted by Crippen LogP contribution is -2.56. The molecule has 0 amide bonds. The zero-order chi connectivity index (χ0) is 19.5. The molecule has 0 aliphatic carbocycles. The molecule has 2 fully saturated rings. The van der Waals surface area contributed by atoms with Gasteiger partial charge in [0.25, 0.3) is 0 Å². The summed E-state index contributed by atoms with van der Waals surface area (Å²) in [5, 5.41) is 11.6. The lowest BCUT2D eigenvalue weighted by atomic mass is 9.82. The Morgan fingerprint density at radius 3 is 2.64 bits per heavy atom. The Balaban J connectivity index is 1.32. The average Bonchev–Trinajstić information content (AvgIpc) is 3.15. The zero-order valence-corrected chi connectivity index (χ0v) is 17.1. The van der Waals surface area contributed by atoms with Gasteiger partial charge in [-0.2, -0.15) is 4.98 Å². The highest BCUT2D eigenvalue weighted by molar-refractivity contribution is 6.30. The van der Waals surface area contributed by atoms with Crippen molar-refractivity contribution < 1.29 is 4.52 Å². The number of nitrogens with one attached hydrogen (secondary N) is 2. The summed E-state index contributed by atoms with van der Waals surface area (Å²) in [5.41, 5.74) is 0.875. The van der Waals surface area contributed by atoms with Gasteiger partial charge in [0, 0.05) is 35.8 Å². The number of aliphatic imine (C=N–C) groups is 1. The number of halogens is 1.